The van der Waals surface area contributed by atoms with Crippen LogP contribution in [-0.4, -0.2) is 33.3 Å². The lowest BCUT2D eigenvalue weighted by Gasteiger charge is -2.26. The van der Waals surface area contributed by atoms with Crippen molar-refractivity contribution in [2.24, 2.45) is 7.05 Å². The molecule has 0 atom stereocenters. The molecule has 2 N–H and O–H groups in total. The highest BCUT2D eigenvalue weighted by molar-refractivity contribution is 6.42. The molecule has 0 radical (unpaired) electrons. The first kappa shape index (κ1) is 31.4. The third-order valence-corrected chi connectivity index (χ3v) is 9.56. The number of carbonyl (C=O) groups is 2. The number of benzene rings is 4. The maximum atomic E-state index is 11.8. The number of imidazole rings is 1. The van der Waals surface area contributed by atoms with Crippen molar-refractivity contribution in [3.63, 3.8) is 0 Å². The molecule has 2 heterocycles. The van der Waals surface area contributed by atoms with Crippen molar-refractivity contribution in [3.05, 3.63) is 112 Å². The summed E-state index contributed by atoms with van der Waals surface area (Å²) in [5.74, 6) is -0.941. The SMILES string of the molecule is C[n+]1c(C=CC=CC=C2N(CCC(=O)O)c3c(c4ccccc4c4ccccc34)C2(C)C)n(CCC(=O)O)c2cc(Cl)c(Cl)cc21. The Balaban J connectivity index is 1.42. The lowest BCUT2D eigenvalue weighted by Crippen LogP contribution is -2.31. The Morgan fingerprint density at radius 1 is 0.826 bits per heavy atom. The summed E-state index contributed by atoms with van der Waals surface area (Å²) in [5.41, 5.74) is 4.49. The predicted octanol–water partition coefficient (Wildman–Crippen LogP) is 8.28. The van der Waals surface area contributed by atoms with E-state index in [4.69, 9.17) is 23.2 Å². The van der Waals surface area contributed by atoms with Gasteiger partial charge in [0.05, 0.1) is 35.6 Å². The number of halogens is 2. The van der Waals surface area contributed by atoms with Gasteiger partial charge < -0.3 is 15.1 Å². The van der Waals surface area contributed by atoms with Crippen molar-refractivity contribution in [3.8, 4) is 0 Å². The van der Waals surface area contributed by atoms with Gasteiger partial charge in [0.2, 0.25) is 0 Å². The molecule has 0 aliphatic carbocycles. The molecule has 0 bridgehead atoms. The number of aromatic nitrogens is 2. The molecule has 9 heteroatoms. The number of hydrogen-bond acceptors (Lipinski definition) is 3. The van der Waals surface area contributed by atoms with Gasteiger partial charge in [-0.15, -0.1) is 0 Å². The minimum Gasteiger partial charge on any atom is -0.481 e. The van der Waals surface area contributed by atoms with Crippen LogP contribution in [-0.2, 0) is 28.6 Å². The van der Waals surface area contributed by atoms with Crippen LogP contribution in [0.3, 0.4) is 0 Å². The summed E-state index contributed by atoms with van der Waals surface area (Å²) in [6, 6.07) is 20.3. The van der Waals surface area contributed by atoms with Crippen LogP contribution < -0.4 is 9.47 Å². The first-order valence-electron chi connectivity index (χ1n) is 15.1. The number of rotatable bonds is 9. The van der Waals surface area contributed by atoms with Crippen LogP contribution in [0, 0.1) is 0 Å². The van der Waals surface area contributed by atoms with Crippen LogP contribution in [0.25, 0.3) is 38.7 Å². The van der Waals surface area contributed by atoms with Crippen LogP contribution in [0.2, 0.25) is 10.0 Å². The number of hydrogen-bond donors (Lipinski definition) is 2. The Morgan fingerprint density at radius 2 is 1.41 bits per heavy atom. The first-order chi connectivity index (χ1) is 22.0. The van der Waals surface area contributed by atoms with Crippen molar-refractivity contribution in [1.82, 2.24) is 4.57 Å². The topological polar surface area (TPSA) is 86.7 Å². The lowest BCUT2D eigenvalue weighted by atomic mass is 9.80. The Labute approximate surface area is 276 Å². The summed E-state index contributed by atoms with van der Waals surface area (Å²) in [7, 11) is 1.91. The predicted molar refractivity (Wildman–Crippen MR) is 186 cm³/mol. The number of fused-ring (bicyclic) bond motifs is 7. The molecule has 6 rings (SSSR count). The van der Waals surface area contributed by atoms with E-state index < -0.39 is 17.4 Å². The van der Waals surface area contributed by atoms with Gasteiger partial charge in [0.15, 0.2) is 11.0 Å². The highest BCUT2D eigenvalue weighted by atomic mass is 35.5. The number of nitrogens with zero attached hydrogens (tertiary/aromatic N) is 3. The maximum Gasteiger partial charge on any atom is 0.307 e. The molecule has 1 aliphatic heterocycles. The first-order valence-corrected chi connectivity index (χ1v) is 15.8. The molecule has 46 heavy (non-hydrogen) atoms. The fraction of sp³-hybridized carbons (Fsp3) is 0.216. The van der Waals surface area contributed by atoms with Gasteiger partial charge in [-0.25, -0.2) is 9.13 Å². The van der Waals surface area contributed by atoms with Crippen LogP contribution in [0.4, 0.5) is 5.69 Å². The van der Waals surface area contributed by atoms with Crippen molar-refractivity contribution in [1.29, 1.82) is 0 Å². The highest BCUT2D eigenvalue weighted by Gasteiger charge is 2.42. The molecule has 234 valence electrons. The van der Waals surface area contributed by atoms with E-state index in [0.717, 1.165) is 44.4 Å². The maximum absolute atomic E-state index is 11.8. The molecule has 0 saturated heterocycles. The van der Waals surface area contributed by atoms with Crippen molar-refractivity contribution in [2.75, 3.05) is 11.4 Å². The molecule has 0 amide bonds. The monoisotopic (exact) mass is 654 g/mol. The molecule has 1 aromatic heterocycles. The van der Waals surface area contributed by atoms with Crippen molar-refractivity contribution in [2.45, 2.75) is 38.6 Å². The highest BCUT2D eigenvalue weighted by Crippen LogP contribution is 2.54. The van der Waals surface area contributed by atoms with Crippen LogP contribution in [0.1, 0.15) is 38.1 Å². The number of carboxylic acids is 2. The van der Waals surface area contributed by atoms with Crippen LogP contribution in [0.5, 0.6) is 0 Å². The number of aliphatic carboxylic acids is 2. The summed E-state index contributed by atoms with van der Waals surface area (Å²) < 4.78 is 3.89. The average Bonchev–Trinajstić information content (AvgIpc) is 3.40. The Morgan fingerprint density at radius 3 is 2.09 bits per heavy atom. The summed E-state index contributed by atoms with van der Waals surface area (Å²) in [5, 5.41) is 24.4. The van der Waals surface area contributed by atoms with Gasteiger partial charge in [-0.05, 0) is 27.8 Å². The van der Waals surface area contributed by atoms with E-state index in [1.54, 1.807) is 12.1 Å². The van der Waals surface area contributed by atoms with E-state index in [1.165, 1.54) is 10.9 Å². The number of aryl methyl sites for hydroxylation is 2. The Hall–Kier alpha value is -4.59. The molecule has 0 unspecified atom stereocenters. The van der Waals surface area contributed by atoms with Gasteiger partial charge in [0.1, 0.15) is 6.54 Å². The largest absolute Gasteiger partial charge is 0.481 e. The van der Waals surface area contributed by atoms with Gasteiger partial charge in [-0.2, -0.15) is 0 Å². The van der Waals surface area contributed by atoms with Crippen molar-refractivity contribution < 1.29 is 24.4 Å². The minimum absolute atomic E-state index is 0.00303. The molecule has 7 nitrogen and oxygen atoms in total. The zero-order chi connectivity index (χ0) is 32.7. The van der Waals surface area contributed by atoms with E-state index in [0.29, 0.717) is 16.6 Å². The van der Waals surface area contributed by atoms with Gasteiger partial charge in [0.25, 0.3) is 5.82 Å². The summed E-state index contributed by atoms with van der Waals surface area (Å²) in [4.78, 5) is 25.4. The summed E-state index contributed by atoms with van der Waals surface area (Å²) in [6.45, 7) is 5.00. The second-order valence-electron chi connectivity index (χ2n) is 12.0. The van der Waals surface area contributed by atoms with E-state index in [2.05, 4.69) is 61.2 Å². The number of anilines is 1. The van der Waals surface area contributed by atoms with Gasteiger partial charge in [0, 0.05) is 41.3 Å². The zero-order valence-corrected chi connectivity index (χ0v) is 27.3. The van der Waals surface area contributed by atoms with Crippen LogP contribution >= 0.6 is 23.2 Å². The number of carboxylic acid groups (broad SMARTS) is 2. The summed E-state index contributed by atoms with van der Waals surface area (Å²) in [6.07, 6.45) is 9.76. The molecule has 0 fully saturated rings. The fourth-order valence-electron chi connectivity index (χ4n) is 6.79. The molecular formula is C37H34Cl2N3O4+. The standard InChI is InChI=1S/C37H33Cl2N3O4/c1-37(2)31(15-5-4-6-16-32-40(3)29-21-27(38)28(39)22-30(29)41(32)19-17-33(43)44)42(20-18-34(45)46)36-26-14-10-8-12-24(26)23-11-7-9-13-25(23)35(36)37/h4-16,21-22H,17-20H2,1-3H3,(H-,43,44,45,46)/p+1. The lowest BCUT2D eigenvalue weighted by molar-refractivity contribution is -0.647. The second-order valence-corrected chi connectivity index (χ2v) is 12.8. The molecule has 0 saturated carbocycles. The molecule has 1 aliphatic rings. The second kappa shape index (κ2) is 12.3. The Bertz CT molecular complexity index is 2140. The van der Waals surface area contributed by atoms with Gasteiger partial charge >= 0.3 is 11.9 Å². The van der Waals surface area contributed by atoms with Crippen molar-refractivity contribution >= 4 is 79.5 Å². The van der Waals surface area contributed by atoms with E-state index in [-0.39, 0.29) is 19.4 Å². The third kappa shape index (κ3) is 5.44. The molecule has 0 spiro atoms. The van der Waals surface area contributed by atoms with E-state index in [9.17, 15) is 19.8 Å². The minimum atomic E-state index is -0.890. The molecular weight excluding hydrogens is 621 g/mol. The normalized spacial score (nSPS) is 15.3. The van der Waals surface area contributed by atoms with E-state index in [1.807, 2.05) is 52.6 Å². The third-order valence-electron chi connectivity index (χ3n) is 8.84. The zero-order valence-electron chi connectivity index (χ0n) is 25.8. The smallest absolute Gasteiger partial charge is 0.307 e. The van der Waals surface area contributed by atoms with E-state index >= 15 is 0 Å². The Kier molecular flexibility index (Phi) is 8.40. The summed E-state index contributed by atoms with van der Waals surface area (Å²) >= 11 is 12.6. The molecule has 4 aromatic carbocycles. The van der Waals surface area contributed by atoms with Crippen LogP contribution in [0.15, 0.2) is 90.7 Å². The fourth-order valence-corrected chi connectivity index (χ4v) is 7.11. The quantitative estimate of drug-likeness (QED) is 0.0949. The average molecular weight is 656 g/mol. The number of allylic oxidation sites excluding steroid dienone is 5. The molecule has 5 aromatic rings. The van der Waals surface area contributed by atoms with Gasteiger partial charge in [-0.1, -0.05) is 104 Å². The van der Waals surface area contributed by atoms with Gasteiger partial charge in [-0.3, -0.25) is 9.59 Å².